The summed E-state index contributed by atoms with van der Waals surface area (Å²) in [6, 6.07) is 0. The Morgan fingerprint density at radius 1 is 0.583 bits per heavy atom. The first-order valence-electron chi connectivity index (χ1n) is 5.72. The summed E-state index contributed by atoms with van der Waals surface area (Å²) in [7, 11) is 0. The van der Waals surface area contributed by atoms with E-state index < -0.39 is 24.4 Å². The number of ether oxygens (including phenoxy) is 3. The molecular formula is C15H32O6W3. The van der Waals surface area contributed by atoms with Crippen LogP contribution in [-0.2, 0) is 77.4 Å². The van der Waals surface area contributed by atoms with Crippen LogP contribution in [0.5, 0.6) is 0 Å². The van der Waals surface area contributed by atoms with Crippen LogP contribution in [0.1, 0.15) is 0 Å². The van der Waals surface area contributed by atoms with Gasteiger partial charge >= 0.3 is 63.2 Å². The van der Waals surface area contributed by atoms with Crippen LogP contribution in [0, 0.1) is 43.1 Å². The third-order valence-corrected chi connectivity index (χ3v) is 1.75. The van der Waals surface area contributed by atoms with Gasteiger partial charge in [-0.1, -0.05) is 0 Å². The van der Waals surface area contributed by atoms with E-state index in [1.807, 2.05) is 0 Å². The molecule has 0 spiro atoms. The molecule has 0 rings (SSSR count). The van der Waals surface area contributed by atoms with Crippen molar-refractivity contribution in [1.29, 1.82) is 0 Å². The summed E-state index contributed by atoms with van der Waals surface area (Å²) in [6.45, 7) is 10.7. The Morgan fingerprint density at radius 3 is 1.12 bits per heavy atom. The Hall–Kier alpha value is 1.82. The maximum atomic E-state index is 9.01. The molecule has 0 aromatic carbocycles. The van der Waals surface area contributed by atoms with E-state index in [9.17, 15) is 0 Å². The van der Waals surface area contributed by atoms with Crippen LogP contribution in [0.2, 0.25) is 0 Å². The molecule has 3 unspecified atom stereocenters. The molecule has 0 aromatic rings. The van der Waals surface area contributed by atoms with Crippen molar-refractivity contribution in [2.24, 2.45) is 0 Å². The third-order valence-electron chi connectivity index (χ3n) is 1.75. The van der Waals surface area contributed by atoms with Gasteiger partial charge in [0.2, 0.25) is 0 Å². The zero-order chi connectivity index (χ0) is 14.0. The van der Waals surface area contributed by atoms with Crippen molar-refractivity contribution in [1.82, 2.24) is 0 Å². The summed E-state index contributed by atoms with van der Waals surface area (Å²) in [6.07, 6.45) is -2.85. The van der Waals surface area contributed by atoms with Crippen molar-refractivity contribution < 1.29 is 92.7 Å². The minimum absolute atomic E-state index is 0. The number of rotatable bonds is 11. The first-order chi connectivity index (χ1) is 8.41. The fraction of sp³-hybridized carbons (Fsp3) is 0.600. The normalized spacial score (nSPS) is 13.8. The van der Waals surface area contributed by atoms with Gasteiger partial charge in [0.15, 0.2) is 0 Å². The van der Waals surface area contributed by atoms with E-state index in [0.29, 0.717) is 0 Å². The van der Waals surface area contributed by atoms with E-state index in [1.54, 1.807) is 0 Å². The summed E-state index contributed by atoms with van der Waals surface area (Å²) in [4.78, 5) is 0. The fourth-order valence-corrected chi connectivity index (χ4v) is 1.06. The molecule has 24 heavy (non-hydrogen) atoms. The molecule has 0 aliphatic rings. The van der Waals surface area contributed by atoms with Crippen LogP contribution >= 0.6 is 0 Å². The molecule has 3 atom stereocenters. The zero-order valence-corrected chi connectivity index (χ0v) is 23.6. The predicted molar refractivity (Wildman–Crippen MR) is 84.7 cm³/mol. The van der Waals surface area contributed by atoms with Gasteiger partial charge in [-0.05, 0) is 18.3 Å². The Morgan fingerprint density at radius 2 is 0.875 bits per heavy atom. The molecule has 146 valence electrons. The van der Waals surface area contributed by atoms with Crippen LogP contribution in [0.3, 0.4) is 0 Å². The van der Waals surface area contributed by atoms with E-state index in [1.165, 1.54) is 0 Å². The van der Waals surface area contributed by atoms with Gasteiger partial charge in [-0.25, -0.2) is 0 Å². The minimum Gasteiger partial charge on any atom is -0.423 e. The van der Waals surface area contributed by atoms with Crippen molar-refractivity contribution in [3.63, 3.8) is 0 Å². The number of hydrogen-bond acceptors (Lipinski definition) is 6. The summed E-state index contributed by atoms with van der Waals surface area (Å²) in [5.41, 5.74) is 0. The second-order valence-electron chi connectivity index (χ2n) is 3.99. The van der Waals surface area contributed by atoms with E-state index in [-0.39, 0.29) is 119 Å². The number of hydrogen-bond donors (Lipinski definition) is 3. The maximum Gasteiger partial charge on any atom is 2.00 e. The number of aliphatic hydroxyl groups excluding tert-OH is 3. The zero-order valence-electron chi connectivity index (χ0n) is 14.8. The molecule has 0 bridgehead atoms. The second kappa shape index (κ2) is 29.6. The van der Waals surface area contributed by atoms with Crippen LogP contribution < -0.4 is 0 Å². The quantitative estimate of drug-likeness (QED) is 0.260. The number of aliphatic hydroxyl groups is 3. The molecule has 0 saturated carbocycles. The minimum atomic E-state index is -0.829. The Balaban J connectivity index is -0.0000000963. The van der Waals surface area contributed by atoms with Gasteiger partial charge in [0.1, 0.15) is 6.10 Å². The van der Waals surface area contributed by atoms with Gasteiger partial charge in [0, 0.05) is 19.8 Å². The molecule has 0 radical (unpaired) electrons. The molecular weight excluding hydrogens is 828 g/mol. The molecule has 0 heterocycles. The summed E-state index contributed by atoms with van der Waals surface area (Å²) >= 11 is 0. The van der Waals surface area contributed by atoms with Crippen molar-refractivity contribution in [2.75, 3.05) is 33.0 Å². The van der Waals surface area contributed by atoms with E-state index in [2.05, 4.69) is 20.8 Å². The monoisotopic (exact) mass is 860 g/mol. The Bertz CT molecular complexity index is 184. The van der Waals surface area contributed by atoms with Gasteiger partial charge in [0.25, 0.3) is 0 Å². The maximum absolute atomic E-state index is 9.01. The van der Waals surface area contributed by atoms with Crippen molar-refractivity contribution >= 4 is 0 Å². The smallest absolute Gasteiger partial charge is 0.423 e. The first kappa shape index (κ1) is 44.9. The second-order valence-corrected chi connectivity index (χ2v) is 3.99. The molecule has 0 aromatic heterocycles. The van der Waals surface area contributed by atoms with Gasteiger partial charge in [-0.15, -0.1) is 0 Å². The predicted octanol–water partition coefficient (Wildman–Crippen LogP) is 0.333. The van der Waals surface area contributed by atoms with E-state index in [4.69, 9.17) is 29.5 Å². The molecule has 0 amide bonds. The van der Waals surface area contributed by atoms with Crippen LogP contribution in [0.4, 0.5) is 0 Å². The summed E-state index contributed by atoms with van der Waals surface area (Å²) in [5.74, 6) is 0. The summed E-state index contributed by atoms with van der Waals surface area (Å²) in [5, 5.41) is 26.9. The van der Waals surface area contributed by atoms with E-state index >= 15 is 0 Å². The average molecular weight is 860 g/mol. The van der Waals surface area contributed by atoms with Crippen molar-refractivity contribution in [2.45, 2.75) is 24.4 Å². The topological polar surface area (TPSA) is 88.4 Å². The van der Waals surface area contributed by atoms with Gasteiger partial charge in [-0.2, -0.15) is 0 Å². The standard InChI is InChI=1S/C12H23O6.3CH3.3W/c1-9(13)4-16-7-12(18-6-11(3)15)8-17-5-10(2)14;;;;;;/h9-15H,1-8H2;3*1H3;;;/q-3;3*-1;3*+2. The largest absolute Gasteiger partial charge is 2.00 e. The molecule has 6 nitrogen and oxygen atoms in total. The van der Waals surface area contributed by atoms with Crippen molar-refractivity contribution in [3.05, 3.63) is 43.1 Å². The molecule has 0 fully saturated rings. The third kappa shape index (κ3) is 35.0. The molecule has 0 saturated heterocycles. The molecule has 0 aliphatic heterocycles. The summed E-state index contributed by atoms with van der Waals surface area (Å²) < 4.78 is 15.6. The fourth-order valence-electron chi connectivity index (χ4n) is 1.06. The SMILES string of the molecule is [CH2-]C(O)COCC(COCC([CH2-])O)OCC([CH2-])O.[CH3-].[CH3-].[CH3-].[W+2].[W+2].[W+2]. The van der Waals surface area contributed by atoms with Gasteiger partial charge in [-0.3, -0.25) is 0 Å². The van der Waals surface area contributed by atoms with Crippen LogP contribution in [0.15, 0.2) is 0 Å². The first-order valence-corrected chi connectivity index (χ1v) is 5.72. The van der Waals surface area contributed by atoms with Gasteiger partial charge < -0.3 is 72.6 Å². The van der Waals surface area contributed by atoms with Crippen molar-refractivity contribution in [3.8, 4) is 0 Å². The van der Waals surface area contributed by atoms with Crippen LogP contribution in [0.25, 0.3) is 0 Å². The molecule has 9 heteroatoms. The Labute approximate surface area is 192 Å². The van der Waals surface area contributed by atoms with Gasteiger partial charge in [0.05, 0.1) is 13.2 Å². The average Bonchev–Trinajstić information content (AvgIpc) is 2.24. The van der Waals surface area contributed by atoms with E-state index in [0.717, 1.165) is 0 Å². The molecule has 0 aliphatic carbocycles. The Kier molecular flexibility index (Phi) is 55.4. The van der Waals surface area contributed by atoms with Crippen LogP contribution in [-0.4, -0.2) is 72.8 Å². The molecule has 3 N–H and O–H groups in total.